The van der Waals surface area contributed by atoms with E-state index in [0.717, 1.165) is 11.1 Å². The molecule has 1 saturated heterocycles. The van der Waals surface area contributed by atoms with Crippen molar-refractivity contribution in [2.24, 2.45) is 5.92 Å². The second kappa shape index (κ2) is 9.72. The van der Waals surface area contributed by atoms with Gasteiger partial charge >= 0.3 is 0 Å². The molecule has 1 aliphatic rings. The molecule has 3 aromatic rings. The number of nitrogens with zero attached hydrogens (tertiary/aromatic N) is 3. The van der Waals surface area contributed by atoms with Crippen molar-refractivity contribution >= 4 is 15.9 Å². The van der Waals surface area contributed by atoms with Crippen LogP contribution in [-0.2, 0) is 21.4 Å². The lowest BCUT2D eigenvalue weighted by Crippen LogP contribution is -2.45. The number of amides is 1. The Labute approximate surface area is 192 Å². The predicted molar refractivity (Wildman–Crippen MR) is 121 cm³/mol. The summed E-state index contributed by atoms with van der Waals surface area (Å²) in [5, 5.41) is 6.75. The number of hydrogen-bond donors (Lipinski definition) is 1. The molecule has 1 N–H and O–H groups in total. The molecule has 1 aromatic heterocycles. The van der Waals surface area contributed by atoms with E-state index in [4.69, 9.17) is 9.26 Å². The molecule has 0 bridgehead atoms. The first kappa shape index (κ1) is 22.9. The minimum atomic E-state index is -3.64. The Morgan fingerprint density at radius 2 is 2.03 bits per heavy atom. The summed E-state index contributed by atoms with van der Waals surface area (Å²) in [4.78, 5) is 17.3. The third kappa shape index (κ3) is 5.23. The Balaban J connectivity index is 1.37. The van der Waals surface area contributed by atoms with Gasteiger partial charge in [0.25, 0.3) is 0 Å². The molecule has 4 rings (SSSR count). The van der Waals surface area contributed by atoms with E-state index in [1.165, 1.54) is 4.31 Å². The van der Waals surface area contributed by atoms with E-state index in [1.54, 1.807) is 37.4 Å². The molecule has 2 heterocycles. The maximum absolute atomic E-state index is 13.0. The Kier molecular flexibility index (Phi) is 6.75. The fraction of sp³-hybridized carbons (Fsp3) is 0.348. The summed E-state index contributed by atoms with van der Waals surface area (Å²) < 4.78 is 37.8. The number of rotatable bonds is 7. The van der Waals surface area contributed by atoms with Gasteiger partial charge in [0.05, 0.1) is 24.5 Å². The molecule has 1 amide bonds. The molecule has 2 aromatic carbocycles. The Hall–Kier alpha value is -3.24. The van der Waals surface area contributed by atoms with Crippen LogP contribution in [0.15, 0.2) is 57.9 Å². The van der Waals surface area contributed by atoms with Crippen LogP contribution in [0.4, 0.5) is 0 Å². The van der Waals surface area contributed by atoms with Gasteiger partial charge in [-0.1, -0.05) is 35.0 Å². The number of carbonyl (C=O) groups is 1. The first-order valence-electron chi connectivity index (χ1n) is 10.7. The van der Waals surface area contributed by atoms with Crippen molar-refractivity contribution < 1.29 is 22.5 Å². The Morgan fingerprint density at radius 1 is 1.24 bits per heavy atom. The number of piperidine rings is 1. The molecule has 0 saturated carbocycles. The molecular formula is C23H26N4O5S. The van der Waals surface area contributed by atoms with Gasteiger partial charge in [-0.05, 0) is 44.0 Å². The number of methoxy groups -OCH3 is 1. The van der Waals surface area contributed by atoms with E-state index in [-0.39, 0.29) is 29.8 Å². The van der Waals surface area contributed by atoms with Crippen molar-refractivity contribution in [3.05, 3.63) is 60.0 Å². The second-order valence-corrected chi connectivity index (χ2v) is 9.91. The summed E-state index contributed by atoms with van der Waals surface area (Å²) >= 11 is 0. The quantitative estimate of drug-likeness (QED) is 0.565. The van der Waals surface area contributed by atoms with Crippen LogP contribution in [0, 0.1) is 12.8 Å². The molecule has 0 unspecified atom stereocenters. The zero-order valence-electron chi connectivity index (χ0n) is 18.5. The number of carbonyl (C=O) groups excluding carboxylic acids is 1. The molecule has 0 aliphatic carbocycles. The smallest absolute Gasteiger partial charge is 0.246 e. The summed E-state index contributed by atoms with van der Waals surface area (Å²) in [5.41, 5.74) is 1.72. The number of benzene rings is 2. The summed E-state index contributed by atoms with van der Waals surface area (Å²) in [6, 6.07) is 14.0. The van der Waals surface area contributed by atoms with Crippen LogP contribution < -0.4 is 10.1 Å². The van der Waals surface area contributed by atoms with Crippen molar-refractivity contribution in [3.8, 4) is 17.1 Å². The van der Waals surface area contributed by atoms with Gasteiger partial charge in [0.15, 0.2) is 0 Å². The number of aromatic nitrogens is 2. The lowest BCUT2D eigenvalue weighted by atomic mass is 9.99. The number of aryl methyl sites for hydroxylation is 1. The van der Waals surface area contributed by atoms with E-state index in [9.17, 15) is 13.2 Å². The SMILES string of the molecule is COc1cccc(-c2noc(CNC(=O)[C@@H]3CCCN(S(=O)(=O)c4ccc(C)cc4)C3)n2)c1. The van der Waals surface area contributed by atoms with Gasteiger partial charge in [-0.15, -0.1) is 0 Å². The molecule has 0 spiro atoms. The molecule has 174 valence electrons. The largest absolute Gasteiger partial charge is 0.497 e. The predicted octanol–water partition coefficient (Wildman–Crippen LogP) is 2.77. The molecule has 0 radical (unpaired) electrons. The molecule has 9 nitrogen and oxygen atoms in total. The van der Waals surface area contributed by atoms with E-state index >= 15 is 0 Å². The van der Waals surface area contributed by atoms with Crippen LogP contribution in [0.5, 0.6) is 5.75 Å². The molecule has 1 atom stereocenters. The third-order valence-corrected chi connectivity index (χ3v) is 7.50. The fourth-order valence-corrected chi connectivity index (χ4v) is 5.27. The Bertz CT molecular complexity index is 1220. The minimum absolute atomic E-state index is 0.0665. The van der Waals surface area contributed by atoms with Crippen LogP contribution in [-0.4, -0.2) is 49.0 Å². The maximum Gasteiger partial charge on any atom is 0.246 e. The summed E-state index contributed by atoms with van der Waals surface area (Å²) in [6.45, 7) is 2.51. The maximum atomic E-state index is 13.0. The van der Waals surface area contributed by atoms with Crippen molar-refractivity contribution in [2.45, 2.75) is 31.2 Å². The molecule has 1 fully saturated rings. The van der Waals surface area contributed by atoms with Crippen LogP contribution in [0.3, 0.4) is 0 Å². The Morgan fingerprint density at radius 3 is 2.79 bits per heavy atom. The van der Waals surface area contributed by atoms with Crippen LogP contribution in [0.1, 0.15) is 24.3 Å². The highest BCUT2D eigenvalue weighted by molar-refractivity contribution is 7.89. The van der Waals surface area contributed by atoms with Gasteiger partial charge in [-0.3, -0.25) is 4.79 Å². The number of ether oxygens (including phenoxy) is 1. The van der Waals surface area contributed by atoms with Gasteiger partial charge in [-0.2, -0.15) is 9.29 Å². The molecule has 33 heavy (non-hydrogen) atoms. The van der Waals surface area contributed by atoms with Crippen LogP contribution in [0.2, 0.25) is 0 Å². The van der Waals surface area contributed by atoms with Gasteiger partial charge < -0.3 is 14.6 Å². The van der Waals surface area contributed by atoms with Gasteiger partial charge in [0, 0.05) is 18.7 Å². The first-order chi connectivity index (χ1) is 15.9. The van der Waals surface area contributed by atoms with Gasteiger partial charge in [0.2, 0.25) is 27.6 Å². The van der Waals surface area contributed by atoms with Gasteiger partial charge in [-0.25, -0.2) is 8.42 Å². The standard InChI is InChI=1S/C23H26N4O5S/c1-16-8-10-20(11-9-16)33(29,30)27-12-4-6-18(15-27)23(28)24-14-21-25-22(26-32-21)17-5-3-7-19(13-17)31-2/h3,5,7-11,13,18H,4,6,12,14-15H2,1-2H3,(H,24,28)/t18-/m1/s1. The third-order valence-electron chi connectivity index (χ3n) is 5.62. The molecule has 10 heteroatoms. The van der Waals surface area contributed by atoms with E-state index in [0.29, 0.717) is 31.0 Å². The highest BCUT2D eigenvalue weighted by atomic mass is 32.2. The fourth-order valence-electron chi connectivity index (χ4n) is 3.75. The van der Waals surface area contributed by atoms with E-state index in [2.05, 4.69) is 15.5 Å². The second-order valence-electron chi connectivity index (χ2n) is 7.98. The molecule has 1 aliphatic heterocycles. The monoisotopic (exact) mass is 470 g/mol. The summed E-state index contributed by atoms with van der Waals surface area (Å²) in [7, 11) is -2.07. The van der Waals surface area contributed by atoms with E-state index < -0.39 is 15.9 Å². The first-order valence-corrected chi connectivity index (χ1v) is 12.1. The normalized spacial score (nSPS) is 17.0. The van der Waals surface area contributed by atoms with Crippen molar-refractivity contribution in [2.75, 3.05) is 20.2 Å². The lowest BCUT2D eigenvalue weighted by Gasteiger charge is -2.31. The van der Waals surface area contributed by atoms with Gasteiger partial charge in [0.1, 0.15) is 5.75 Å². The number of hydrogen-bond acceptors (Lipinski definition) is 7. The highest BCUT2D eigenvalue weighted by Gasteiger charge is 2.33. The number of sulfonamides is 1. The van der Waals surface area contributed by atoms with Crippen molar-refractivity contribution in [1.82, 2.24) is 19.8 Å². The average molecular weight is 471 g/mol. The average Bonchev–Trinajstić information content (AvgIpc) is 3.32. The zero-order chi connectivity index (χ0) is 23.4. The van der Waals surface area contributed by atoms with E-state index in [1.807, 2.05) is 25.1 Å². The van der Waals surface area contributed by atoms with Crippen LogP contribution in [0.25, 0.3) is 11.4 Å². The summed E-state index contributed by atoms with van der Waals surface area (Å²) in [5.74, 6) is 0.654. The topological polar surface area (TPSA) is 115 Å². The van der Waals surface area contributed by atoms with Crippen molar-refractivity contribution in [3.63, 3.8) is 0 Å². The molecular weight excluding hydrogens is 444 g/mol. The number of nitrogens with one attached hydrogen (secondary N) is 1. The zero-order valence-corrected chi connectivity index (χ0v) is 19.3. The lowest BCUT2D eigenvalue weighted by molar-refractivity contribution is -0.126. The van der Waals surface area contributed by atoms with Crippen molar-refractivity contribution in [1.29, 1.82) is 0 Å². The van der Waals surface area contributed by atoms with Crippen LogP contribution >= 0.6 is 0 Å². The highest BCUT2D eigenvalue weighted by Crippen LogP contribution is 2.25. The minimum Gasteiger partial charge on any atom is -0.497 e. The summed E-state index contributed by atoms with van der Waals surface area (Å²) in [6.07, 6.45) is 1.23.